The predicted octanol–water partition coefficient (Wildman–Crippen LogP) is 7.25. The van der Waals surface area contributed by atoms with Gasteiger partial charge in [0.15, 0.2) is 0 Å². The first-order valence-electron chi connectivity index (χ1n) is 14.9. The van der Waals surface area contributed by atoms with E-state index in [9.17, 15) is 40.7 Å². The van der Waals surface area contributed by atoms with E-state index >= 15 is 0 Å². The van der Waals surface area contributed by atoms with E-state index in [1.807, 2.05) is 19.9 Å². The number of amides is 3. The van der Waals surface area contributed by atoms with Crippen LogP contribution >= 0.6 is 0 Å². The summed E-state index contributed by atoms with van der Waals surface area (Å²) in [5.41, 5.74) is 7.28. The van der Waals surface area contributed by atoms with Gasteiger partial charge in [-0.25, -0.2) is 9.98 Å². The second-order valence-corrected chi connectivity index (χ2v) is 10.0. The van der Waals surface area contributed by atoms with Gasteiger partial charge < -0.3 is 11.1 Å². The summed E-state index contributed by atoms with van der Waals surface area (Å²) < 4.78 is 71.8. The summed E-state index contributed by atoms with van der Waals surface area (Å²) in [6.07, 6.45) is -11.5. The molecule has 254 valence electrons. The number of nitrogens with one attached hydrogen (secondary N) is 1. The van der Waals surface area contributed by atoms with Crippen LogP contribution in [-0.4, -0.2) is 46.9 Å². The third-order valence-corrected chi connectivity index (χ3v) is 6.45. The molecule has 0 saturated carbocycles. The summed E-state index contributed by atoms with van der Waals surface area (Å²) in [6, 6.07) is 20.9. The fraction of sp³-hybridized carbons (Fsp3) is 0.364. The third kappa shape index (κ3) is 12.2. The number of fused-ring (bicyclic) bond motifs is 1. The Morgan fingerprint density at radius 2 is 1.49 bits per heavy atom. The number of nitrogens with two attached hydrogens (primary N) is 1. The molecule has 3 N–H and O–H groups in total. The van der Waals surface area contributed by atoms with Gasteiger partial charge in [-0.15, -0.1) is 0 Å². The number of alkyl halides is 6. The van der Waals surface area contributed by atoms with Gasteiger partial charge in [0.1, 0.15) is 5.82 Å². The van der Waals surface area contributed by atoms with Crippen molar-refractivity contribution in [2.24, 2.45) is 16.6 Å². The molecule has 3 amide bonds. The van der Waals surface area contributed by atoms with Gasteiger partial charge in [0.2, 0.25) is 18.0 Å². The quantitative estimate of drug-likeness (QED) is 0.234. The molecule has 2 heterocycles. The highest BCUT2D eigenvalue weighted by atomic mass is 19.4. The highest BCUT2D eigenvalue weighted by Crippen LogP contribution is 2.33. The second-order valence-electron chi connectivity index (χ2n) is 10.0. The summed E-state index contributed by atoms with van der Waals surface area (Å²) in [5, 5.41) is 2.46. The third-order valence-electron chi connectivity index (χ3n) is 6.45. The lowest BCUT2D eigenvalue weighted by Crippen LogP contribution is -2.48. The Morgan fingerprint density at radius 1 is 0.894 bits per heavy atom. The molecule has 4 rings (SSSR count). The van der Waals surface area contributed by atoms with Gasteiger partial charge in [-0.05, 0) is 31.0 Å². The van der Waals surface area contributed by atoms with Crippen molar-refractivity contribution in [3.63, 3.8) is 0 Å². The number of pyridine rings is 1. The number of hydrogen-bond donors (Lipinski definition) is 2. The lowest BCUT2D eigenvalue weighted by molar-refractivity contribution is -0.143. The number of hydrogen-bond acceptors (Lipinski definition) is 5. The van der Waals surface area contributed by atoms with E-state index in [0.717, 1.165) is 0 Å². The molecule has 2 aromatic carbocycles. The number of para-hydroxylation sites is 1. The van der Waals surface area contributed by atoms with E-state index in [2.05, 4.69) is 15.3 Å². The smallest absolute Gasteiger partial charge is 0.370 e. The van der Waals surface area contributed by atoms with Crippen LogP contribution < -0.4 is 16.0 Å². The fourth-order valence-corrected chi connectivity index (χ4v) is 4.45. The number of primary amides is 1. The van der Waals surface area contributed by atoms with Crippen LogP contribution in [0, 0.1) is 5.92 Å². The number of nitrogens with zero attached hydrogens (tertiary/aromatic N) is 3. The van der Waals surface area contributed by atoms with Crippen LogP contribution in [0.4, 0.5) is 37.8 Å². The van der Waals surface area contributed by atoms with Crippen LogP contribution in [-0.2, 0) is 14.4 Å². The number of aliphatic imine (C=N–C) groups is 1. The van der Waals surface area contributed by atoms with Crippen LogP contribution in [0.2, 0.25) is 0 Å². The molecule has 8 nitrogen and oxygen atoms in total. The molecule has 0 saturated heterocycles. The van der Waals surface area contributed by atoms with E-state index in [1.165, 1.54) is 18.0 Å². The molecule has 0 spiro atoms. The first kappa shape index (κ1) is 38.4. The first-order chi connectivity index (χ1) is 22.2. The van der Waals surface area contributed by atoms with Crippen molar-refractivity contribution in [2.75, 3.05) is 4.90 Å². The highest BCUT2D eigenvalue weighted by Gasteiger charge is 2.37. The van der Waals surface area contributed by atoms with E-state index < -0.39 is 67.8 Å². The van der Waals surface area contributed by atoms with E-state index in [4.69, 9.17) is 5.73 Å². The summed E-state index contributed by atoms with van der Waals surface area (Å²) in [7, 11) is 0. The largest absolute Gasteiger partial charge is 0.389 e. The molecule has 47 heavy (non-hydrogen) atoms. The molecule has 3 aromatic rings. The van der Waals surface area contributed by atoms with E-state index in [1.54, 1.807) is 66.7 Å². The normalized spacial score (nSPS) is 15.0. The van der Waals surface area contributed by atoms with Gasteiger partial charge >= 0.3 is 12.4 Å². The first-order valence-corrected chi connectivity index (χ1v) is 14.9. The predicted molar refractivity (Wildman–Crippen MR) is 167 cm³/mol. The zero-order valence-electron chi connectivity index (χ0n) is 26.1. The molecule has 2 atom stereocenters. The zero-order chi connectivity index (χ0) is 35.2. The van der Waals surface area contributed by atoms with Crippen LogP contribution in [0.25, 0.3) is 0 Å². The molecular formula is C33H37F6N5O3. The number of halogens is 6. The van der Waals surface area contributed by atoms with Crippen molar-refractivity contribution in [3.8, 4) is 0 Å². The Hall–Kier alpha value is -4.75. The molecule has 1 aliphatic heterocycles. The molecule has 0 bridgehead atoms. The summed E-state index contributed by atoms with van der Waals surface area (Å²) >= 11 is 0. The molecule has 2 unspecified atom stereocenters. The van der Waals surface area contributed by atoms with Gasteiger partial charge in [-0.3, -0.25) is 19.3 Å². The zero-order valence-corrected chi connectivity index (χ0v) is 26.1. The average molecular weight is 666 g/mol. The van der Waals surface area contributed by atoms with Crippen LogP contribution in [0.5, 0.6) is 0 Å². The number of carbonyl (C=O) groups is 3. The maximum atomic E-state index is 13.9. The highest BCUT2D eigenvalue weighted by molar-refractivity contribution is 6.21. The number of carbonyl (C=O) groups excluding carboxylic acids is 3. The van der Waals surface area contributed by atoms with Crippen LogP contribution in [0.15, 0.2) is 84.0 Å². The van der Waals surface area contributed by atoms with Crippen molar-refractivity contribution in [2.45, 2.75) is 71.4 Å². The van der Waals surface area contributed by atoms with Crippen molar-refractivity contribution in [1.82, 2.24) is 10.3 Å². The SMILES string of the molecule is CC.CCCC(F)(F)F.NC(=O)CC(CCC(F)(F)F)C(=O)NC1N=C(c2ccccc2)c2ccccc2N(c2ccccn2)C1=O. The minimum atomic E-state index is -4.54. The average Bonchev–Trinajstić information content (AvgIpc) is 3.14. The number of rotatable bonds is 9. The Bertz CT molecular complexity index is 1480. The van der Waals surface area contributed by atoms with Gasteiger partial charge in [-0.1, -0.05) is 75.4 Å². The van der Waals surface area contributed by atoms with Gasteiger partial charge in [0.25, 0.3) is 5.91 Å². The van der Waals surface area contributed by atoms with E-state index in [0.29, 0.717) is 22.5 Å². The maximum absolute atomic E-state index is 13.9. The second kappa shape index (κ2) is 17.8. The van der Waals surface area contributed by atoms with Crippen molar-refractivity contribution >= 4 is 34.9 Å². The molecule has 0 radical (unpaired) electrons. The van der Waals surface area contributed by atoms with Crippen LogP contribution in [0.1, 0.15) is 64.0 Å². The Morgan fingerprint density at radius 3 is 2.02 bits per heavy atom. The minimum Gasteiger partial charge on any atom is -0.370 e. The molecular weight excluding hydrogens is 628 g/mol. The molecule has 14 heteroatoms. The number of aromatic nitrogens is 1. The lowest BCUT2D eigenvalue weighted by Gasteiger charge is -2.25. The lowest BCUT2D eigenvalue weighted by atomic mass is 9.97. The Kier molecular flexibility index (Phi) is 14.6. The topological polar surface area (TPSA) is 118 Å². The number of anilines is 2. The van der Waals surface area contributed by atoms with Gasteiger partial charge in [-0.2, -0.15) is 26.3 Å². The monoisotopic (exact) mass is 665 g/mol. The van der Waals surface area contributed by atoms with Gasteiger partial charge in [0, 0.05) is 42.5 Å². The van der Waals surface area contributed by atoms with Crippen molar-refractivity contribution in [3.05, 3.63) is 90.1 Å². The Labute approximate surface area is 269 Å². The number of benzodiazepines with no additional fused rings is 1. The van der Waals surface area contributed by atoms with Crippen molar-refractivity contribution in [1.29, 1.82) is 0 Å². The summed E-state index contributed by atoms with van der Waals surface area (Å²) in [5.74, 6) is -3.68. The minimum absolute atomic E-state index is 0.184. The summed E-state index contributed by atoms with van der Waals surface area (Å²) in [6.45, 7) is 5.51. The number of benzene rings is 2. The summed E-state index contributed by atoms with van der Waals surface area (Å²) in [4.78, 5) is 48.7. The standard InChI is InChI=1S/C27H24F3N5O3.C4H7F3.C2H6/c28-27(29,30)14-13-18(16-21(31)36)25(37)34-24-26(38)35(22-12-6-7-15-32-22)20-11-5-4-10-19(20)23(33-24)17-8-2-1-3-9-17;1-2-3-4(5,6)7;1-2/h1-12,15,18,24H,13-14,16H2,(H2,31,36)(H,34,37);2-3H2,1H3;1-2H3. The van der Waals surface area contributed by atoms with Crippen molar-refractivity contribution < 1.29 is 40.7 Å². The molecule has 0 fully saturated rings. The van der Waals surface area contributed by atoms with Crippen LogP contribution in [0.3, 0.4) is 0 Å². The molecule has 1 aliphatic rings. The maximum Gasteiger partial charge on any atom is 0.389 e. The molecule has 1 aromatic heterocycles. The molecule has 0 aliphatic carbocycles. The van der Waals surface area contributed by atoms with Gasteiger partial charge in [0.05, 0.1) is 11.4 Å². The van der Waals surface area contributed by atoms with E-state index in [-0.39, 0.29) is 12.2 Å². The Balaban J connectivity index is 0.000000756. The fourth-order valence-electron chi connectivity index (χ4n) is 4.45.